The lowest BCUT2D eigenvalue weighted by atomic mass is 10.1. The first-order chi connectivity index (χ1) is 12.0. The van der Waals surface area contributed by atoms with Crippen molar-refractivity contribution >= 4 is 33.6 Å². The molecule has 0 aromatic heterocycles. The first kappa shape index (κ1) is 19.0. The second-order valence-electron chi connectivity index (χ2n) is 5.92. The number of halogens is 1. The van der Waals surface area contributed by atoms with Gasteiger partial charge in [-0.2, -0.15) is 0 Å². The lowest BCUT2D eigenvalue weighted by Gasteiger charge is -2.21. The molecule has 2 N–H and O–H groups in total. The Balaban J connectivity index is 1.91. The van der Waals surface area contributed by atoms with E-state index >= 15 is 0 Å². The minimum atomic E-state index is -0.723. The van der Waals surface area contributed by atoms with Crippen LogP contribution >= 0.6 is 15.9 Å². The molecule has 0 aliphatic heterocycles. The quantitative estimate of drug-likeness (QED) is 0.703. The number of amides is 2. The van der Waals surface area contributed by atoms with E-state index in [-0.39, 0.29) is 12.5 Å². The first-order valence-electron chi connectivity index (χ1n) is 7.99. The average Bonchev–Trinajstić information content (AvgIpc) is 2.59. The fourth-order valence-electron chi connectivity index (χ4n) is 2.15. The number of carbonyl (C=O) groups is 2. The van der Waals surface area contributed by atoms with E-state index in [0.717, 1.165) is 10.0 Å². The van der Waals surface area contributed by atoms with Gasteiger partial charge in [0.05, 0.1) is 0 Å². The van der Waals surface area contributed by atoms with Gasteiger partial charge >= 0.3 is 12.0 Å². The van der Waals surface area contributed by atoms with E-state index in [0.29, 0.717) is 5.69 Å². The first-order valence-corrected chi connectivity index (χ1v) is 8.78. The Morgan fingerprint density at radius 1 is 1.04 bits per heavy atom. The zero-order chi connectivity index (χ0) is 18.2. The van der Waals surface area contributed by atoms with Crippen LogP contribution in [0.4, 0.5) is 10.5 Å². The Morgan fingerprint density at radius 2 is 1.68 bits per heavy atom. The van der Waals surface area contributed by atoms with Crippen LogP contribution in [0.3, 0.4) is 0 Å². The highest BCUT2D eigenvalue weighted by Crippen LogP contribution is 2.13. The molecular formula is C19H21BrN2O3. The molecule has 0 spiro atoms. The second-order valence-corrected chi connectivity index (χ2v) is 6.84. The summed E-state index contributed by atoms with van der Waals surface area (Å²) >= 11 is 3.36. The third kappa shape index (κ3) is 6.23. The number of hydrogen-bond donors (Lipinski definition) is 2. The van der Waals surface area contributed by atoms with Crippen LogP contribution in [0, 0.1) is 5.92 Å². The van der Waals surface area contributed by atoms with Gasteiger partial charge in [-0.1, -0.05) is 60.1 Å². The van der Waals surface area contributed by atoms with E-state index in [1.807, 2.05) is 56.3 Å². The van der Waals surface area contributed by atoms with Crippen molar-refractivity contribution in [3.63, 3.8) is 0 Å². The number of hydrogen-bond acceptors (Lipinski definition) is 3. The van der Waals surface area contributed by atoms with Crippen molar-refractivity contribution in [3.05, 3.63) is 64.6 Å². The third-order valence-corrected chi connectivity index (χ3v) is 4.06. The van der Waals surface area contributed by atoms with Crippen LogP contribution in [0.15, 0.2) is 59.1 Å². The topological polar surface area (TPSA) is 67.4 Å². The highest BCUT2D eigenvalue weighted by Gasteiger charge is 2.25. The van der Waals surface area contributed by atoms with Gasteiger partial charge in [0.15, 0.2) is 0 Å². The van der Waals surface area contributed by atoms with E-state index in [1.54, 1.807) is 12.1 Å². The number of nitrogens with one attached hydrogen (secondary N) is 2. The summed E-state index contributed by atoms with van der Waals surface area (Å²) in [5.74, 6) is -0.555. The minimum Gasteiger partial charge on any atom is -0.459 e. The van der Waals surface area contributed by atoms with Gasteiger partial charge < -0.3 is 15.4 Å². The Hall–Kier alpha value is -2.34. The third-order valence-electron chi connectivity index (χ3n) is 3.53. The maximum Gasteiger partial charge on any atom is 0.329 e. The van der Waals surface area contributed by atoms with Crippen molar-refractivity contribution in [2.24, 2.45) is 5.92 Å². The molecule has 0 aliphatic rings. The van der Waals surface area contributed by atoms with Crippen molar-refractivity contribution in [1.82, 2.24) is 5.32 Å². The van der Waals surface area contributed by atoms with Crippen LogP contribution in [-0.2, 0) is 16.1 Å². The largest absolute Gasteiger partial charge is 0.459 e. The second kappa shape index (κ2) is 9.22. The summed E-state index contributed by atoms with van der Waals surface area (Å²) in [6.45, 7) is 3.88. The maximum atomic E-state index is 12.3. The van der Waals surface area contributed by atoms with Gasteiger partial charge in [0.1, 0.15) is 12.6 Å². The Kier molecular flexibility index (Phi) is 7.01. The van der Waals surface area contributed by atoms with Gasteiger partial charge in [0, 0.05) is 10.2 Å². The summed E-state index contributed by atoms with van der Waals surface area (Å²) in [4.78, 5) is 24.4. The highest BCUT2D eigenvalue weighted by atomic mass is 79.9. The SMILES string of the molecule is CC(C)[C@H](NC(=O)Nc1ccccc1)C(=O)OCc1ccc(Br)cc1. The number of rotatable bonds is 6. The maximum absolute atomic E-state index is 12.3. The highest BCUT2D eigenvalue weighted by molar-refractivity contribution is 9.10. The molecule has 0 unspecified atom stereocenters. The van der Waals surface area contributed by atoms with Gasteiger partial charge in [-0.3, -0.25) is 0 Å². The Morgan fingerprint density at radius 3 is 2.28 bits per heavy atom. The lowest BCUT2D eigenvalue weighted by molar-refractivity contribution is -0.148. The monoisotopic (exact) mass is 404 g/mol. The number of carbonyl (C=O) groups excluding carboxylic acids is 2. The van der Waals surface area contributed by atoms with Crippen molar-refractivity contribution in [2.75, 3.05) is 5.32 Å². The van der Waals surface area contributed by atoms with E-state index in [4.69, 9.17) is 4.74 Å². The van der Waals surface area contributed by atoms with Crippen molar-refractivity contribution in [1.29, 1.82) is 0 Å². The molecule has 2 rings (SSSR count). The van der Waals surface area contributed by atoms with Crippen molar-refractivity contribution in [2.45, 2.75) is 26.5 Å². The summed E-state index contributed by atoms with van der Waals surface area (Å²) in [7, 11) is 0. The average molecular weight is 405 g/mol. The van der Waals surface area contributed by atoms with Gasteiger partial charge in [0.2, 0.25) is 0 Å². The predicted molar refractivity (Wildman–Crippen MR) is 101 cm³/mol. The number of urea groups is 1. The smallest absolute Gasteiger partial charge is 0.329 e. The molecule has 0 radical (unpaired) electrons. The Bertz CT molecular complexity index is 702. The molecule has 6 heteroatoms. The number of para-hydroxylation sites is 1. The van der Waals surface area contributed by atoms with Crippen LogP contribution in [0.25, 0.3) is 0 Å². The summed E-state index contributed by atoms with van der Waals surface area (Å²) in [5.41, 5.74) is 1.54. The molecule has 2 aromatic rings. The number of anilines is 1. The minimum absolute atomic E-state index is 0.0982. The van der Waals surface area contributed by atoms with E-state index in [1.165, 1.54) is 0 Å². The predicted octanol–water partition coefficient (Wildman–Crippen LogP) is 4.34. The lowest BCUT2D eigenvalue weighted by Crippen LogP contribution is -2.47. The van der Waals surface area contributed by atoms with Gasteiger partial charge in [0.25, 0.3) is 0 Å². The molecule has 0 bridgehead atoms. The van der Waals surface area contributed by atoms with Gasteiger partial charge in [-0.15, -0.1) is 0 Å². The fourth-order valence-corrected chi connectivity index (χ4v) is 2.42. The molecule has 2 aromatic carbocycles. The zero-order valence-corrected chi connectivity index (χ0v) is 15.7. The molecule has 2 amide bonds. The molecular weight excluding hydrogens is 384 g/mol. The van der Waals surface area contributed by atoms with Crippen LogP contribution in [-0.4, -0.2) is 18.0 Å². The van der Waals surface area contributed by atoms with Crippen molar-refractivity contribution in [3.8, 4) is 0 Å². The summed E-state index contributed by atoms with van der Waals surface area (Å²) in [5, 5.41) is 5.38. The summed E-state index contributed by atoms with van der Waals surface area (Å²) < 4.78 is 6.31. The van der Waals surface area contributed by atoms with Crippen molar-refractivity contribution < 1.29 is 14.3 Å². The van der Waals surface area contributed by atoms with E-state index in [2.05, 4.69) is 26.6 Å². The summed E-state index contributed by atoms with van der Waals surface area (Å²) in [6.07, 6.45) is 0. The molecule has 0 saturated carbocycles. The Labute approximate surface area is 155 Å². The van der Waals surface area contributed by atoms with Crippen LogP contribution < -0.4 is 10.6 Å². The number of esters is 1. The fraction of sp³-hybridized carbons (Fsp3) is 0.263. The zero-order valence-electron chi connectivity index (χ0n) is 14.2. The van der Waals surface area contributed by atoms with Gasteiger partial charge in [-0.25, -0.2) is 9.59 Å². The van der Waals surface area contributed by atoms with Crippen LogP contribution in [0.2, 0.25) is 0 Å². The van der Waals surface area contributed by atoms with E-state index in [9.17, 15) is 9.59 Å². The number of benzene rings is 2. The van der Waals surface area contributed by atoms with E-state index < -0.39 is 18.0 Å². The van der Waals surface area contributed by atoms with Crippen LogP contribution in [0.5, 0.6) is 0 Å². The normalized spacial score (nSPS) is 11.7. The molecule has 0 fully saturated rings. The molecule has 0 heterocycles. The molecule has 132 valence electrons. The molecule has 5 nitrogen and oxygen atoms in total. The summed E-state index contributed by atoms with van der Waals surface area (Å²) in [6, 6.07) is 15.4. The van der Waals surface area contributed by atoms with Crippen LogP contribution in [0.1, 0.15) is 19.4 Å². The number of ether oxygens (including phenoxy) is 1. The van der Waals surface area contributed by atoms with Gasteiger partial charge in [-0.05, 0) is 35.7 Å². The standard InChI is InChI=1S/C19H21BrN2O3/c1-13(2)17(22-19(24)21-16-6-4-3-5-7-16)18(23)25-12-14-8-10-15(20)11-9-14/h3-11,13,17H,12H2,1-2H3,(H2,21,22,24)/t17-/m0/s1. The molecule has 0 saturated heterocycles. The molecule has 0 aliphatic carbocycles. The molecule has 1 atom stereocenters. The molecule has 25 heavy (non-hydrogen) atoms.